The van der Waals surface area contributed by atoms with Crippen LogP contribution in [-0.4, -0.2) is 43.5 Å². The summed E-state index contributed by atoms with van der Waals surface area (Å²) in [6.07, 6.45) is 13.6. The summed E-state index contributed by atoms with van der Waals surface area (Å²) in [6, 6.07) is 8.48. The molecule has 0 bridgehead atoms. The lowest BCUT2D eigenvalue weighted by Gasteiger charge is -2.17. The van der Waals surface area contributed by atoms with Crippen molar-refractivity contribution >= 4 is 17.8 Å². The fraction of sp³-hybridized carbons (Fsp3) is 0.370. The number of methoxy groups -OCH3 is 1. The molecule has 0 aromatic heterocycles. The maximum Gasteiger partial charge on any atom is 0.328 e. The highest BCUT2D eigenvalue weighted by Crippen LogP contribution is 2.12. The molecule has 1 heterocycles. The van der Waals surface area contributed by atoms with Gasteiger partial charge in [-0.3, -0.25) is 9.59 Å². The number of amides is 2. The highest BCUT2D eigenvalue weighted by molar-refractivity contribution is 5.98. The number of carbonyl (C=O) groups is 3. The lowest BCUT2D eigenvalue weighted by Crippen LogP contribution is -2.43. The molecule has 0 saturated carbocycles. The Morgan fingerprint density at radius 1 is 1.12 bits per heavy atom. The molecule has 2 atom stereocenters. The van der Waals surface area contributed by atoms with E-state index in [0.29, 0.717) is 24.1 Å². The van der Waals surface area contributed by atoms with Crippen LogP contribution in [0.15, 0.2) is 78.1 Å². The Balaban J connectivity index is 0.000000945. The Morgan fingerprint density at radius 3 is 2.47 bits per heavy atom. The number of rotatable bonds is 7. The van der Waals surface area contributed by atoms with Crippen LogP contribution in [0.25, 0.3) is 0 Å². The average molecular weight is 466 g/mol. The Kier molecular flexibility index (Phi) is 11.5. The van der Waals surface area contributed by atoms with Gasteiger partial charge in [0.25, 0.3) is 5.91 Å². The summed E-state index contributed by atoms with van der Waals surface area (Å²) in [6.45, 7) is 4.85. The Labute approximate surface area is 202 Å². The van der Waals surface area contributed by atoms with Crippen LogP contribution < -0.4 is 16.0 Å². The van der Waals surface area contributed by atoms with E-state index in [1.54, 1.807) is 18.2 Å². The van der Waals surface area contributed by atoms with Gasteiger partial charge < -0.3 is 20.7 Å². The molecule has 1 saturated heterocycles. The summed E-state index contributed by atoms with van der Waals surface area (Å²) >= 11 is 0. The summed E-state index contributed by atoms with van der Waals surface area (Å²) in [5.41, 5.74) is 2.00. The summed E-state index contributed by atoms with van der Waals surface area (Å²) < 4.78 is 4.85. The lowest BCUT2D eigenvalue weighted by atomic mass is 10.1. The molecule has 0 radical (unpaired) electrons. The highest BCUT2D eigenvalue weighted by Gasteiger charge is 2.24. The molecule has 2 amide bonds. The summed E-state index contributed by atoms with van der Waals surface area (Å²) in [4.78, 5) is 37.2. The first-order valence-corrected chi connectivity index (χ1v) is 11.6. The molecule has 1 aromatic rings. The van der Waals surface area contributed by atoms with Crippen LogP contribution in [0.3, 0.4) is 0 Å². The van der Waals surface area contributed by atoms with E-state index < -0.39 is 12.0 Å². The molecule has 7 heteroatoms. The first kappa shape index (κ1) is 26.8. The first-order chi connectivity index (χ1) is 16.5. The van der Waals surface area contributed by atoms with Crippen molar-refractivity contribution in [2.24, 2.45) is 0 Å². The Hall–Kier alpha value is -3.45. The first-order valence-electron chi connectivity index (χ1n) is 11.6. The van der Waals surface area contributed by atoms with Gasteiger partial charge in [0.2, 0.25) is 5.91 Å². The average Bonchev–Trinajstić information content (AvgIpc) is 3.31. The van der Waals surface area contributed by atoms with Gasteiger partial charge in [0, 0.05) is 17.7 Å². The van der Waals surface area contributed by atoms with Crippen LogP contribution in [0, 0.1) is 0 Å². The molecule has 3 rings (SSSR count). The third kappa shape index (κ3) is 8.83. The van der Waals surface area contributed by atoms with Crippen molar-refractivity contribution in [3.05, 3.63) is 83.6 Å². The van der Waals surface area contributed by atoms with Crippen molar-refractivity contribution in [2.75, 3.05) is 13.7 Å². The van der Waals surface area contributed by atoms with E-state index in [-0.39, 0.29) is 17.9 Å². The van der Waals surface area contributed by atoms with E-state index in [1.165, 1.54) is 7.11 Å². The summed E-state index contributed by atoms with van der Waals surface area (Å²) in [5, 5.41) is 8.82. The van der Waals surface area contributed by atoms with Crippen molar-refractivity contribution in [1.82, 2.24) is 16.0 Å². The van der Waals surface area contributed by atoms with Gasteiger partial charge in [-0.1, -0.05) is 54.6 Å². The molecule has 1 aliphatic carbocycles. The maximum absolute atomic E-state index is 12.8. The third-order valence-electron chi connectivity index (χ3n) is 5.43. The van der Waals surface area contributed by atoms with Gasteiger partial charge in [-0.25, -0.2) is 4.79 Å². The number of esters is 1. The van der Waals surface area contributed by atoms with E-state index in [1.807, 2.05) is 62.4 Å². The van der Waals surface area contributed by atoms with Crippen LogP contribution in [0.1, 0.15) is 38.7 Å². The van der Waals surface area contributed by atoms with Crippen molar-refractivity contribution in [3.63, 3.8) is 0 Å². The van der Waals surface area contributed by atoms with Gasteiger partial charge in [-0.2, -0.15) is 0 Å². The van der Waals surface area contributed by atoms with Crippen molar-refractivity contribution in [2.45, 2.75) is 51.6 Å². The predicted octanol–water partition coefficient (Wildman–Crippen LogP) is 3.11. The number of ether oxygens (including phenoxy) is 1. The molecule has 1 aliphatic heterocycles. The molecule has 1 fully saturated rings. The van der Waals surface area contributed by atoms with Gasteiger partial charge in [-0.05, 0) is 57.4 Å². The molecular weight excluding hydrogens is 430 g/mol. The second-order valence-electron chi connectivity index (χ2n) is 7.93. The van der Waals surface area contributed by atoms with Gasteiger partial charge in [0.1, 0.15) is 6.04 Å². The maximum atomic E-state index is 12.8. The van der Waals surface area contributed by atoms with E-state index in [2.05, 4.69) is 16.0 Å². The second-order valence-corrected chi connectivity index (χ2v) is 7.93. The zero-order chi connectivity index (χ0) is 24.8. The Bertz CT molecular complexity index is 938. The van der Waals surface area contributed by atoms with Gasteiger partial charge in [0.15, 0.2) is 0 Å². The molecule has 1 aromatic carbocycles. The molecule has 2 aliphatic rings. The van der Waals surface area contributed by atoms with E-state index in [4.69, 9.17) is 4.74 Å². The lowest BCUT2D eigenvalue weighted by molar-refractivity contribution is -0.144. The SMILES string of the molecule is C/C=C\C.COC(=O)C(Cc1ccccc1)NC(=O)C1=CCC=C(NC(=O)C2CCCN2)C=C1. The third-order valence-corrected chi connectivity index (χ3v) is 5.43. The van der Waals surface area contributed by atoms with Crippen molar-refractivity contribution < 1.29 is 19.1 Å². The monoisotopic (exact) mass is 465 g/mol. The van der Waals surface area contributed by atoms with Crippen molar-refractivity contribution in [3.8, 4) is 0 Å². The topological polar surface area (TPSA) is 96.5 Å². The van der Waals surface area contributed by atoms with Gasteiger partial charge >= 0.3 is 5.97 Å². The number of hydrogen-bond donors (Lipinski definition) is 3. The van der Waals surface area contributed by atoms with E-state index >= 15 is 0 Å². The van der Waals surface area contributed by atoms with Gasteiger partial charge in [-0.15, -0.1) is 0 Å². The molecule has 34 heavy (non-hydrogen) atoms. The molecule has 2 unspecified atom stereocenters. The fourth-order valence-corrected chi connectivity index (χ4v) is 3.45. The zero-order valence-electron chi connectivity index (χ0n) is 20.2. The van der Waals surface area contributed by atoms with Crippen LogP contribution in [0.5, 0.6) is 0 Å². The Morgan fingerprint density at radius 2 is 1.85 bits per heavy atom. The largest absolute Gasteiger partial charge is 0.467 e. The fourth-order valence-electron chi connectivity index (χ4n) is 3.45. The molecule has 3 N–H and O–H groups in total. The minimum Gasteiger partial charge on any atom is -0.467 e. The van der Waals surface area contributed by atoms with Crippen LogP contribution in [-0.2, 0) is 25.5 Å². The smallest absolute Gasteiger partial charge is 0.328 e. The predicted molar refractivity (Wildman–Crippen MR) is 134 cm³/mol. The van der Waals surface area contributed by atoms with Crippen molar-refractivity contribution in [1.29, 1.82) is 0 Å². The molecular formula is C27H35N3O4. The summed E-state index contributed by atoms with van der Waals surface area (Å²) in [7, 11) is 1.30. The molecule has 182 valence electrons. The van der Waals surface area contributed by atoms with Crippen LogP contribution >= 0.6 is 0 Å². The number of carbonyl (C=O) groups excluding carboxylic acids is 3. The van der Waals surface area contributed by atoms with Crippen LogP contribution in [0.2, 0.25) is 0 Å². The number of benzene rings is 1. The minimum absolute atomic E-state index is 0.0649. The quantitative estimate of drug-likeness (QED) is 0.425. The molecule has 0 spiro atoms. The number of hydrogen-bond acceptors (Lipinski definition) is 5. The second kappa shape index (κ2) is 14.6. The normalized spacial score (nSPS) is 18.0. The number of allylic oxidation sites excluding steroid dienone is 5. The minimum atomic E-state index is -0.789. The van der Waals surface area contributed by atoms with E-state index in [0.717, 1.165) is 24.9 Å². The van der Waals surface area contributed by atoms with Crippen LogP contribution in [0.4, 0.5) is 0 Å². The van der Waals surface area contributed by atoms with Gasteiger partial charge in [0.05, 0.1) is 13.2 Å². The van der Waals surface area contributed by atoms with E-state index in [9.17, 15) is 14.4 Å². The zero-order valence-corrected chi connectivity index (χ0v) is 20.2. The highest BCUT2D eigenvalue weighted by atomic mass is 16.5. The standard InChI is InChI=1S/C23H27N3O4.C4H8/c1-30-23(29)20(15-16-7-3-2-4-8-16)26-21(27)17-9-5-10-18(13-12-17)25-22(28)19-11-6-14-24-19;1-3-4-2/h2-4,7-10,12-13,19-20,24H,5-6,11,14-15H2,1H3,(H,25,28)(H,26,27);3-4H,1-2H3/b;4-3-. The summed E-state index contributed by atoms with van der Waals surface area (Å²) in [5.74, 6) is -0.929. The molecule has 7 nitrogen and oxygen atoms in total. The number of nitrogens with one attached hydrogen (secondary N) is 3.